The van der Waals surface area contributed by atoms with Gasteiger partial charge in [-0.3, -0.25) is 9.59 Å². The molecule has 4 nitrogen and oxygen atoms in total. The maximum absolute atomic E-state index is 11.0. The summed E-state index contributed by atoms with van der Waals surface area (Å²) in [4.78, 5) is 21.8. The Hall–Kier alpha value is -1.06. The van der Waals surface area contributed by atoms with Crippen molar-refractivity contribution in [3.05, 3.63) is 0 Å². The quantitative estimate of drug-likeness (QED) is 0.729. The first-order chi connectivity index (χ1) is 7.09. The Morgan fingerprint density at radius 3 is 2.27 bits per heavy atom. The van der Waals surface area contributed by atoms with Gasteiger partial charge in [-0.15, -0.1) is 0 Å². The van der Waals surface area contributed by atoms with Crippen molar-refractivity contribution in [2.75, 3.05) is 0 Å². The van der Waals surface area contributed by atoms with E-state index in [9.17, 15) is 9.59 Å². The molecule has 0 aliphatic heterocycles. The molecule has 0 radical (unpaired) electrons. The van der Waals surface area contributed by atoms with Crippen molar-refractivity contribution < 1.29 is 19.8 Å². The summed E-state index contributed by atoms with van der Waals surface area (Å²) in [6.07, 6.45) is 3.74. The third-order valence-electron chi connectivity index (χ3n) is 4.07. The predicted molar refractivity (Wildman–Crippen MR) is 52.3 cm³/mol. The molecule has 4 heteroatoms. The number of carboxylic acid groups (broad SMARTS) is 2. The van der Waals surface area contributed by atoms with E-state index in [1.165, 1.54) is 0 Å². The standard InChI is InChI=1S/C11H16O4/c12-10(13)7-2-3-8-6(5-7)1-4-9(8)11(14)15/h6-9H,1-5H2,(H,12,13)(H,14,15). The molecule has 2 fully saturated rings. The molecule has 2 aliphatic carbocycles. The second-order valence-electron chi connectivity index (χ2n) is 4.79. The van der Waals surface area contributed by atoms with Crippen LogP contribution in [0.15, 0.2) is 0 Å². The van der Waals surface area contributed by atoms with Crippen molar-refractivity contribution in [3.63, 3.8) is 0 Å². The van der Waals surface area contributed by atoms with Gasteiger partial charge in [0.1, 0.15) is 0 Å². The van der Waals surface area contributed by atoms with E-state index < -0.39 is 11.9 Å². The Kier molecular flexibility index (Phi) is 2.67. The van der Waals surface area contributed by atoms with E-state index in [1.807, 2.05) is 0 Å². The summed E-state index contributed by atoms with van der Waals surface area (Å²) in [6, 6.07) is 0. The maximum Gasteiger partial charge on any atom is 0.306 e. The van der Waals surface area contributed by atoms with Crippen LogP contribution in [0.25, 0.3) is 0 Å². The molecule has 0 spiro atoms. The zero-order chi connectivity index (χ0) is 11.0. The Labute approximate surface area is 88.3 Å². The van der Waals surface area contributed by atoms with Gasteiger partial charge in [-0.2, -0.15) is 0 Å². The van der Waals surface area contributed by atoms with Gasteiger partial charge in [0.05, 0.1) is 11.8 Å². The fourth-order valence-corrected chi connectivity index (χ4v) is 3.29. The Bertz CT molecular complexity index is 286. The van der Waals surface area contributed by atoms with Gasteiger partial charge in [-0.25, -0.2) is 0 Å². The van der Waals surface area contributed by atoms with Crippen molar-refractivity contribution in [3.8, 4) is 0 Å². The van der Waals surface area contributed by atoms with Crippen LogP contribution in [0.5, 0.6) is 0 Å². The van der Waals surface area contributed by atoms with E-state index in [2.05, 4.69) is 0 Å². The lowest BCUT2D eigenvalue weighted by atomic mass is 9.73. The van der Waals surface area contributed by atoms with Gasteiger partial charge < -0.3 is 10.2 Å². The van der Waals surface area contributed by atoms with E-state index >= 15 is 0 Å². The van der Waals surface area contributed by atoms with Crippen molar-refractivity contribution in [1.82, 2.24) is 0 Å². The van der Waals surface area contributed by atoms with Crippen LogP contribution in [0.4, 0.5) is 0 Å². The smallest absolute Gasteiger partial charge is 0.306 e. The highest BCUT2D eigenvalue weighted by atomic mass is 16.4. The molecule has 0 heterocycles. The molecule has 2 rings (SSSR count). The third kappa shape index (κ3) is 1.85. The monoisotopic (exact) mass is 212 g/mol. The zero-order valence-corrected chi connectivity index (χ0v) is 8.56. The van der Waals surface area contributed by atoms with E-state index in [0.717, 1.165) is 19.3 Å². The lowest BCUT2D eigenvalue weighted by Gasteiger charge is -2.31. The first-order valence-electron chi connectivity index (χ1n) is 5.55. The van der Waals surface area contributed by atoms with Gasteiger partial charge in [-0.1, -0.05) is 0 Å². The number of aliphatic carboxylic acids is 2. The topological polar surface area (TPSA) is 74.6 Å². The maximum atomic E-state index is 11.0. The van der Waals surface area contributed by atoms with Crippen molar-refractivity contribution in [2.45, 2.75) is 32.1 Å². The van der Waals surface area contributed by atoms with Crippen LogP contribution in [0.2, 0.25) is 0 Å². The molecule has 0 aromatic rings. The molecule has 84 valence electrons. The average Bonchev–Trinajstić information content (AvgIpc) is 2.59. The number of rotatable bonds is 2. The second-order valence-corrected chi connectivity index (χ2v) is 4.79. The minimum Gasteiger partial charge on any atom is -0.481 e. The first-order valence-corrected chi connectivity index (χ1v) is 5.55. The Morgan fingerprint density at radius 1 is 0.933 bits per heavy atom. The number of carboxylic acids is 2. The Balaban J connectivity index is 2.02. The molecule has 0 bridgehead atoms. The minimum absolute atomic E-state index is 0.218. The van der Waals surface area contributed by atoms with Gasteiger partial charge in [0.2, 0.25) is 0 Å². The SMILES string of the molecule is O=C(O)C1CCC2C(CCC2C(=O)O)C1. The molecule has 15 heavy (non-hydrogen) atoms. The van der Waals surface area contributed by atoms with Crippen molar-refractivity contribution in [1.29, 1.82) is 0 Å². The van der Waals surface area contributed by atoms with Gasteiger partial charge >= 0.3 is 11.9 Å². The van der Waals surface area contributed by atoms with Crippen LogP contribution in [0.3, 0.4) is 0 Å². The molecule has 4 unspecified atom stereocenters. The second kappa shape index (κ2) is 3.83. The van der Waals surface area contributed by atoms with E-state index in [4.69, 9.17) is 10.2 Å². The summed E-state index contributed by atoms with van der Waals surface area (Å²) in [5.74, 6) is -1.30. The summed E-state index contributed by atoms with van der Waals surface area (Å²) >= 11 is 0. The van der Waals surface area contributed by atoms with Crippen LogP contribution in [-0.4, -0.2) is 22.2 Å². The molecule has 2 aliphatic rings. The van der Waals surface area contributed by atoms with Gasteiger partial charge in [0.25, 0.3) is 0 Å². The molecule has 4 atom stereocenters. The highest BCUT2D eigenvalue weighted by Crippen LogP contribution is 2.47. The molecule has 0 saturated heterocycles. The number of hydrogen-bond donors (Lipinski definition) is 2. The third-order valence-corrected chi connectivity index (χ3v) is 4.07. The molecular weight excluding hydrogens is 196 g/mol. The molecule has 0 aromatic carbocycles. The largest absolute Gasteiger partial charge is 0.481 e. The van der Waals surface area contributed by atoms with Crippen molar-refractivity contribution >= 4 is 11.9 Å². The molecule has 0 amide bonds. The van der Waals surface area contributed by atoms with E-state index in [0.29, 0.717) is 18.8 Å². The molecule has 2 saturated carbocycles. The summed E-state index contributed by atoms with van der Waals surface area (Å²) < 4.78 is 0. The van der Waals surface area contributed by atoms with Gasteiger partial charge in [-0.05, 0) is 43.9 Å². The van der Waals surface area contributed by atoms with E-state index in [1.54, 1.807) is 0 Å². The fraction of sp³-hybridized carbons (Fsp3) is 0.818. The highest BCUT2D eigenvalue weighted by Gasteiger charge is 2.44. The van der Waals surface area contributed by atoms with E-state index in [-0.39, 0.29) is 17.8 Å². The van der Waals surface area contributed by atoms with Crippen LogP contribution in [-0.2, 0) is 9.59 Å². The first kappa shape index (κ1) is 10.5. The summed E-state index contributed by atoms with van der Waals surface area (Å²) in [5, 5.41) is 17.9. The molecule has 0 aromatic heterocycles. The van der Waals surface area contributed by atoms with Crippen LogP contribution >= 0.6 is 0 Å². The number of carbonyl (C=O) groups is 2. The fourth-order valence-electron chi connectivity index (χ4n) is 3.29. The molecular formula is C11H16O4. The lowest BCUT2D eigenvalue weighted by molar-refractivity contribution is -0.145. The van der Waals surface area contributed by atoms with Crippen LogP contribution < -0.4 is 0 Å². The van der Waals surface area contributed by atoms with Gasteiger partial charge in [0, 0.05) is 0 Å². The average molecular weight is 212 g/mol. The van der Waals surface area contributed by atoms with Gasteiger partial charge in [0.15, 0.2) is 0 Å². The zero-order valence-electron chi connectivity index (χ0n) is 8.56. The van der Waals surface area contributed by atoms with Crippen LogP contribution in [0.1, 0.15) is 32.1 Å². The number of hydrogen-bond acceptors (Lipinski definition) is 2. The predicted octanol–water partition coefficient (Wildman–Crippen LogP) is 1.60. The highest BCUT2D eigenvalue weighted by molar-refractivity contribution is 5.72. The normalized spacial score (nSPS) is 39.7. The van der Waals surface area contributed by atoms with Crippen LogP contribution in [0, 0.1) is 23.7 Å². The Morgan fingerprint density at radius 2 is 1.67 bits per heavy atom. The van der Waals surface area contributed by atoms with Crippen molar-refractivity contribution in [2.24, 2.45) is 23.7 Å². The summed E-state index contributed by atoms with van der Waals surface area (Å²) in [7, 11) is 0. The molecule has 2 N–H and O–H groups in total. The minimum atomic E-state index is -0.716. The summed E-state index contributed by atoms with van der Waals surface area (Å²) in [6.45, 7) is 0. The summed E-state index contributed by atoms with van der Waals surface area (Å²) in [5.41, 5.74) is 0. The lowest BCUT2D eigenvalue weighted by Crippen LogP contribution is -2.30. The number of fused-ring (bicyclic) bond motifs is 1.